The Hall–Kier alpha value is -1.50. The zero-order valence-corrected chi connectivity index (χ0v) is 17.6. The van der Waals surface area contributed by atoms with Gasteiger partial charge < -0.3 is 4.74 Å². The summed E-state index contributed by atoms with van der Waals surface area (Å²) in [7, 11) is -2.05. The summed E-state index contributed by atoms with van der Waals surface area (Å²) in [6.07, 6.45) is 4.20. The average Bonchev–Trinajstić information content (AvgIpc) is 2.68. The van der Waals surface area contributed by atoms with Crippen LogP contribution in [0.4, 0.5) is 0 Å². The summed E-state index contributed by atoms with van der Waals surface area (Å²) in [5.74, 6) is 2.05. The Balaban J connectivity index is 1.60. The van der Waals surface area contributed by atoms with Crippen molar-refractivity contribution in [1.29, 1.82) is 0 Å². The summed E-state index contributed by atoms with van der Waals surface area (Å²) in [5.41, 5.74) is 4.91. The molecule has 1 aliphatic carbocycles. The number of benzene rings is 2. The predicted octanol–water partition coefficient (Wildman–Crippen LogP) is 4.09. The zero-order valence-electron chi connectivity index (χ0n) is 16.0. The molecule has 0 atom stereocenters. The Labute approximate surface area is 166 Å². The maximum absolute atomic E-state index is 12.8. The molecular weight excluding hydrogens is 378 g/mol. The van der Waals surface area contributed by atoms with Crippen molar-refractivity contribution in [1.82, 2.24) is 4.72 Å². The molecule has 0 fully saturated rings. The van der Waals surface area contributed by atoms with Crippen LogP contribution in [-0.2, 0) is 28.6 Å². The molecule has 0 spiro atoms. The molecule has 0 unspecified atom stereocenters. The molecule has 4 nitrogen and oxygen atoms in total. The molecule has 1 aliphatic rings. The smallest absolute Gasteiger partial charge is 0.244 e. The molecule has 6 heteroatoms. The van der Waals surface area contributed by atoms with Gasteiger partial charge in [-0.25, -0.2) is 13.1 Å². The quantitative estimate of drug-likeness (QED) is 0.672. The van der Waals surface area contributed by atoms with Crippen LogP contribution in [0.2, 0.25) is 0 Å². The van der Waals surface area contributed by atoms with Crippen LogP contribution in [0.5, 0.6) is 5.75 Å². The second-order valence-corrected chi connectivity index (χ2v) is 9.70. The Morgan fingerprint density at radius 2 is 1.81 bits per heavy atom. The topological polar surface area (TPSA) is 55.4 Å². The van der Waals surface area contributed by atoms with Crippen molar-refractivity contribution in [2.75, 3.05) is 19.4 Å². The molecule has 0 bridgehead atoms. The van der Waals surface area contributed by atoms with Gasteiger partial charge in [0.15, 0.2) is 0 Å². The number of hydrogen-bond donors (Lipinski definition) is 1. The van der Waals surface area contributed by atoms with E-state index < -0.39 is 10.0 Å². The minimum absolute atomic E-state index is 0.259. The van der Waals surface area contributed by atoms with Gasteiger partial charge in [-0.05, 0) is 67.0 Å². The molecule has 0 aromatic heterocycles. The minimum atomic E-state index is -3.58. The van der Waals surface area contributed by atoms with Crippen molar-refractivity contribution >= 4 is 21.8 Å². The van der Waals surface area contributed by atoms with Gasteiger partial charge in [0.1, 0.15) is 10.6 Å². The third kappa shape index (κ3) is 5.06. The highest BCUT2D eigenvalue weighted by Crippen LogP contribution is 2.31. The molecule has 0 heterocycles. The van der Waals surface area contributed by atoms with Crippen molar-refractivity contribution in [3.05, 3.63) is 58.7 Å². The van der Waals surface area contributed by atoms with Gasteiger partial charge in [0.05, 0.1) is 7.11 Å². The Bertz CT molecular complexity index is 894. The van der Waals surface area contributed by atoms with Crippen LogP contribution in [-0.4, -0.2) is 27.8 Å². The van der Waals surface area contributed by atoms with Gasteiger partial charge in [-0.1, -0.05) is 24.3 Å². The summed E-state index contributed by atoms with van der Waals surface area (Å²) in [5, 5.41) is 0. The maximum atomic E-state index is 12.8. The number of aryl methyl sites for hydroxylation is 3. The number of methoxy groups -OCH3 is 1. The van der Waals surface area contributed by atoms with Crippen LogP contribution >= 0.6 is 11.8 Å². The molecule has 2 aromatic rings. The lowest BCUT2D eigenvalue weighted by Crippen LogP contribution is -2.27. The Morgan fingerprint density at radius 3 is 2.52 bits per heavy atom. The zero-order chi connectivity index (χ0) is 19.3. The van der Waals surface area contributed by atoms with Crippen molar-refractivity contribution in [3.63, 3.8) is 0 Å². The van der Waals surface area contributed by atoms with E-state index in [1.807, 2.05) is 18.2 Å². The number of nitrogens with one attached hydrogen (secondary N) is 1. The van der Waals surface area contributed by atoms with E-state index in [-0.39, 0.29) is 4.90 Å². The standard InChI is InChI=1S/C21H27NO3S2/c1-16-7-3-4-10-19(16)15-26-12-11-22-27(23,24)21-14-18-9-6-5-8-17(18)13-20(21)25-2/h3-4,7,10,13-14,22H,5-6,8-9,11-12,15H2,1-2H3. The molecule has 1 N–H and O–H groups in total. The van der Waals surface area contributed by atoms with Crippen molar-refractivity contribution in [2.24, 2.45) is 0 Å². The first-order valence-corrected chi connectivity index (χ1v) is 12.0. The molecule has 0 radical (unpaired) electrons. The van der Waals surface area contributed by atoms with Gasteiger partial charge >= 0.3 is 0 Å². The van der Waals surface area contributed by atoms with Gasteiger partial charge in [0.25, 0.3) is 0 Å². The summed E-state index contributed by atoms with van der Waals surface area (Å²) in [4.78, 5) is 0.259. The number of fused-ring (bicyclic) bond motifs is 1. The summed E-state index contributed by atoms with van der Waals surface area (Å²) in [6.45, 7) is 2.50. The van der Waals surface area contributed by atoms with Crippen LogP contribution in [0.3, 0.4) is 0 Å². The molecule has 0 saturated carbocycles. The highest BCUT2D eigenvalue weighted by atomic mass is 32.2. The van der Waals surface area contributed by atoms with Crippen LogP contribution in [0.25, 0.3) is 0 Å². The lowest BCUT2D eigenvalue weighted by molar-refractivity contribution is 0.401. The summed E-state index contributed by atoms with van der Waals surface area (Å²) < 4.78 is 33.7. The van der Waals surface area contributed by atoms with Crippen molar-refractivity contribution < 1.29 is 13.2 Å². The van der Waals surface area contributed by atoms with Gasteiger partial charge in [-0.3, -0.25) is 0 Å². The molecule has 0 amide bonds. The fourth-order valence-corrected chi connectivity index (χ4v) is 5.68. The second kappa shape index (κ2) is 9.13. The largest absolute Gasteiger partial charge is 0.495 e. The fourth-order valence-electron chi connectivity index (χ4n) is 3.39. The van der Waals surface area contributed by atoms with Gasteiger partial charge in [0, 0.05) is 18.1 Å². The first kappa shape index (κ1) is 20.2. The number of thioether (sulfide) groups is 1. The maximum Gasteiger partial charge on any atom is 0.244 e. The van der Waals surface area contributed by atoms with Crippen LogP contribution in [0, 0.1) is 6.92 Å². The first-order valence-electron chi connectivity index (χ1n) is 9.33. The molecular formula is C21H27NO3S2. The van der Waals surface area contributed by atoms with E-state index in [0.29, 0.717) is 12.3 Å². The molecule has 2 aromatic carbocycles. The number of ether oxygens (including phenoxy) is 1. The highest BCUT2D eigenvalue weighted by Gasteiger charge is 2.22. The fraction of sp³-hybridized carbons (Fsp3) is 0.429. The van der Waals surface area contributed by atoms with E-state index >= 15 is 0 Å². The third-order valence-corrected chi connectivity index (χ3v) is 7.47. The van der Waals surface area contributed by atoms with E-state index in [1.165, 1.54) is 23.8 Å². The van der Waals surface area contributed by atoms with E-state index in [1.54, 1.807) is 17.8 Å². The monoisotopic (exact) mass is 405 g/mol. The lowest BCUT2D eigenvalue weighted by atomic mass is 9.92. The molecule has 146 valence electrons. The average molecular weight is 406 g/mol. The number of rotatable bonds is 8. The van der Waals surface area contributed by atoms with Gasteiger partial charge in [0.2, 0.25) is 10.0 Å². The van der Waals surface area contributed by atoms with Crippen LogP contribution in [0.1, 0.15) is 35.1 Å². The van der Waals surface area contributed by atoms with Crippen LogP contribution < -0.4 is 9.46 Å². The van der Waals surface area contributed by atoms with E-state index in [9.17, 15) is 8.42 Å². The van der Waals surface area contributed by atoms with Gasteiger partial charge in [-0.2, -0.15) is 11.8 Å². The Morgan fingerprint density at radius 1 is 1.11 bits per heavy atom. The first-order chi connectivity index (χ1) is 13.0. The SMILES string of the molecule is COc1cc2c(cc1S(=O)(=O)NCCSCc1ccccc1C)CCCC2. The summed E-state index contributed by atoms with van der Waals surface area (Å²) >= 11 is 1.73. The summed E-state index contributed by atoms with van der Waals surface area (Å²) in [6, 6.07) is 12.0. The Kier molecular flexibility index (Phi) is 6.84. The molecule has 27 heavy (non-hydrogen) atoms. The number of sulfonamides is 1. The molecule has 0 saturated heterocycles. The predicted molar refractivity (Wildman–Crippen MR) is 112 cm³/mol. The van der Waals surface area contributed by atoms with Crippen LogP contribution in [0.15, 0.2) is 41.3 Å². The van der Waals surface area contributed by atoms with Crippen molar-refractivity contribution in [2.45, 2.75) is 43.3 Å². The number of hydrogen-bond acceptors (Lipinski definition) is 4. The normalized spacial score (nSPS) is 14.0. The van der Waals surface area contributed by atoms with E-state index in [2.05, 4.69) is 23.8 Å². The van der Waals surface area contributed by atoms with Gasteiger partial charge in [-0.15, -0.1) is 0 Å². The van der Waals surface area contributed by atoms with E-state index in [4.69, 9.17) is 4.74 Å². The molecule has 0 aliphatic heterocycles. The second-order valence-electron chi connectivity index (χ2n) is 6.86. The highest BCUT2D eigenvalue weighted by molar-refractivity contribution is 7.98. The minimum Gasteiger partial charge on any atom is -0.495 e. The lowest BCUT2D eigenvalue weighted by Gasteiger charge is -2.19. The van der Waals surface area contributed by atoms with E-state index in [0.717, 1.165) is 42.8 Å². The molecule has 3 rings (SSSR count). The third-order valence-electron chi connectivity index (χ3n) is 4.97. The van der Waals surface area contributed by atoms with Crippen molar-refractivity contribution in [3.8, 4) is 5.75 Å².